The fourth-order valence-corrected chi connectivity index (χ4v) is 4.74. The minimum absolute atomic E-state index is 0. The minimum atomic E-state index is 0. The maximum absolute atomic E-state index is 4.75. The summed E-state index contributed by atoms with van der Waals surface area (Å²) < 4.78 is 0. The fourth-order valence-electron chi connectivity index (χ4n) is 3.21. The standard InChI is InChI=1S/C20H23N5S2.HI/c1-21-20(25-11-9-24(10-12-25)19-8-5-13-26-19)22-14-18-23-17(15-27-18)16-6-3-2-4-7-16;/h2-8,13,15H,9-12,14H2,1H3,(H,21,22);1H. The summed E-state index contributed by atoms with van der Waals surface area (Å²) in [5, 5.41) is 10.2. The number of anilines is 1. The van der Waals surface area contributed by atoms with Crippen LogP contribution in [-0.2, 0) is 6.54 Å². The van der Waals surface area contributed by atoms with Crippen LogP contribution in [0.3, 0.4) is 0 Å². The Kier molecular flexibility index (Phi) is 7.69. The monoisotopic (exact) mass is 525 g/mol. The van der Waals surface area contributed by atoms with E-state index in [1.165, 1.54) is 5.00 Å². The molecule has 5 nitrogen and oxygen atoms in total. The lowest BCUT2D eigenvalue weighted by Crippen LogP contribution is -2.52. The number of nitrogens with one attached hydrogen (secondary N) is 1. The van der Waals surface area contributed by atoms with E-state index in [-0.39, 0.29) is 24.0 Å². The summed E-state index contributed by atoms with van der Waals surface area (Å²) in [6.45, 7) is 4.71. The summed E-state index contributed by atoms with van der Waals surface area (Å²) in [7, 11) is 1.85. The molecule has 1 N–H and O–H groups in total. The van der Waals surface area contributed by atoms with Crippen LogP contribution in [0.25, 0.3) is 11.3 Å². The van der Waals surface area contributed by atoms with Gasteiger partial charge in [0.05, 0.1) is 17.2 Å². The molecular formula is C20H24IN5S2. The number of nitrogens with zero attached hydrogens (tertiary/aromatic N) is 4. The Bertz CT molecular complexity index is 871. The SMILES string of the molecule is CN=C(NCc1nc(-c2ccccc2)cs1)N1CCN(c2cccs2)CC1.I. The summed E-state index contributed by atoms with van der Waals surface area (Å²) in [6, 6.07) is 14.6. The topological polar surface area (TPSA) is 43.8 Å². The van der Waals surface area contributed by atoms with E-state index >= 15 is 0 Å². The predicted octanol–water partition coefficient (Wildman–Crippen LogP) is 4.39. The van der Waals surface area contributed by atoms with Gasteiger partial charge in [-0.3, -0.25) is 4.99 Å². The van der Waals surface area contributed by atoms with Crippen molar-refractivity contribution in [3.05, 3.63) is 58.2 Å². The van der Waals surface area contributed by atoms with Crippen molar-refractivity contribution in [1.82, 2.24) is 15.2 Å². The highest BCUT2D eigenvalue weighted by atomic mass is 127. The summed E-state index contributed by atoms with van der Waals surface area (Å²) in [5.74, 6) is 0.956. The maximum atomic E-state index is 4.75. The molecule has 2 aromatic heterocycles. The first-order valence-electron chi connectivity index (χ1n) is 9.07. The smallest absolute Gasteiger partial charge is 0.194 e. The van der Waals surface area contributed by atoms with Gasteiger partial charge in [-0.2, -0.15) is 0 Å². The Morgan fingerprint density at radius 2 is 1.86 bits per heavy atom. The molecule has 0 aliphatic carbocycles. The zero-order valence-corrected chi connectivity index (χ0v) is 19.7. The lowest BCUT2D eigenvalue weighted by Gasteiger charge is -2.36. The van der Waals surface area contributed by atoms with Crippen molar-refractivity contribution in [1.29, 1.82) is 0 Å². The molecule has 3 aromatic rings. The Morgan fingerprint density at radius 3 is 2.54 bits per heavy atom. The molecule has 4 rings (SSSR count). The van der Waals surface area contributed by atoms with Gasteiger partial charge < -0.3 is 15.1 Å². The first-order valence-corrected chi connectivity index (χ1v) is 10.8. The van der Waals surface area contributed by atoms with Gasteiger partial charge in [0.1, 0.15) is 5.01 Å². The summed E-state index contributed by atoms with van der Waals surface area (Å²) in [4.78, 5) is 14.0. The Balaban J connectivity index is 0.00000225. The van der Waals surface area contributed by atoms with Crippen molar-refractivity contribution >= 4 is 57.6 Å². The van der Waals surface area contributed by atoms with Crippen molar-refractivity contribution < 1.29 is 0 Å². The second-order valence-corrected chi connectivity index (χ2v) is 8.19. The lowest BCUT2D eigenvalue weighted by molar-refractivity contribution is 0.373. The molecule has 1 fully saturated rings. The molecule has 0 amide bonds. The van der Waals surface area contributed by atoms with Gasteiger partial charge in [0.15, 0.2) is 5.96 Å². The van der Waals surface area contributed by atoms with Gasteiger partial charge in [-0.15, -0.1) is 46.7 Å². The molecule has 0 saturated carbocycles. The van der Waals surface area contributed by atoms with Crippen molar-refractivity contribution in [2.45, 2.75) is 6.54 Å². The Labute approximate surface area is 191 Å². The minimum Gasteiger partial charge on any atom is -0.360 e. The second kappa shape index (κ2) is 10.2. The number of piperazine rings is 1. The predicted molar refractivity (Wildman–Crippen MR) is 131 cm³/mol. The van der Waals surface area contributed by atoms with Gasteiger partial charge in [-0.25, -0.2) is 4.98 Å². The molecule has 8 heteroatoms. The van der Waals surface area contributed by atoms with Crippen molar-refractivity contribution in [3.8, 4) is 11.3 Å². The van der Waals surface area contributed by atoms with Crippen LogP contribution in [-0.4, -0.2) is 49.1 Å². The molecule has 0 spiro atoms. The molecule has 0 radical (unpaired) electrons. The maximum Gasteiger partial charge on any atom is 0.194 e. The molecule has 3 heterocycles. The van der Waals surface area contributed by atoms with Crippen LogP contribution in [0, 0.1) is 0 Å². The van der Waals surface area contributed by atoms with Crippen molar-refractivity contribution in [2.24, 2.45) is 4.99 Å². The van der Waals surface area contributed by atoms with E-state index in [4.69, 9.17) is 4.98 Å². The number of aliphatic imine (C=N–C) groups is 1. The number of thiophene rings is 1. The highest BCUT2D eigenvalue weighted by Crippen LogP contribution is 2.23. The molecule has 0 atom stereocenters. The van der Waals surface area contributed by atoms with Gasteiger partial charge >= 0.3 is 0 Å². The van der Waals surface area contributed by atoms with Gasteiger partial charge in [-0.05, 0) is 17.5 Å². The molecule has 1 aliphatic rings. The van der Waals surface area contributed by atoms with Crippen LogP contribution < -0.4 is 10.2 Å². The van der Waals surface area contributed by atoms with Crippen molar-refractivity contribution in [2.75, 3.05) is 38.1 Å². The van der Waals surface area contributed by atoms with E-state index in [1.54, 1.807) is 11.3 Å². The van der Waals surface area contributed by atoms with Crippen LogP contribution in [0.15, 0.2) is 58.2 Å². The zero-order valence-electron chi connectivity index (χ0n) is 15.7. The summed E-state index contributed by atoms with van der Waals surface area (Å²) >= 11 is 3.50. The molecule has 148 valence electrons. The molecule has 0 unspecified atom stereocenters. The number of rotatable bonds is 4. The normalized spacial score (nSPS) is 14.7. The third-order valence-corrected chi connectivity index (χ3v) is 6.41. The zero-order chi connectivity index (χ0) is 18.5. The number of halogens is 1. The van der Waals surface area contributed by atoms with Crippen LogP contribution >= 0.6 is 46.7 Å². The molecule has 1 aliphatic heterocycles. The van der Waals surface area contributed by atoms with E-state index < -0.39 is 0 Å². The molecule has 1 saturated heterocycles. The average molecular weight is 525 g/mol. The van der Waals surface area contributed by atoms with Crippen LogP contribution in [0.1, 0.15) is 5.01 Å². The Hall–Kier alpha value is -1.65. The quantitative estimate of drug-likeness (QED) is 0.312. The number of thiazole rings is 1. The van der Waals surface area contributed by atoms with Crippen LogP contribution in [0.4, 0.5) is 5.00 Å². The summed E-state index contributed by atoms with van der Waals surface area (Å²) in [5.41, 5.74) is 2.20. The summed E-state index contributed by atoms with van der Waals surface area (Å²) in [6.07, 6.45) is 0. The number of guanidine groups is 1. The van der Waals surface area contributed by atoms with Crippen LogP contribution in [0.2, 0.25) is 0 Å². The van der Waals surface area contributed by atoms with Crippen LogP contribution in [0.5, 0.6) is 0 Å². The number of benzene rings is 1. The number of aromatic nitrogens is 1. The van der Waals surface area contributed by atoms with Gasteiger partial charge in [0.25, 0.3) is 0 Å². The van der Waals surface area contributed by atoms with E-state index in [2.05, 4.69) is 55.1 Å². The molecule has 0 bridgehead atoms. The number of hydrogen-bond acceptors (Lipinski definition) is 5. The highest BCUT2D eigenvalue weighted by molar-refractivity contribution is 14.0. The largest absolute Gasteiger partial charge is 0.360 e. The van der Waals surface area contributed by atoms with Gasteiger partial charge in [0.2, 0.25) is 0 Å². The molecule has 28 heavy (non-hydrogen) atoms. The fraction of sp³-hybridized carbons (Fsp3) is 0.300. The van der Waals surface area contributed by atoms with E-state index in [1.807, 2.05) is 36.6 Å². The second-order valence-electron chi connectivity index (χ2n) is 6.32. The van der Waals surface area contributed by atoms with Crippen molar-refractivity contribution in [3.63, 3.8) is 0 Å². The first kappa shape index (κ1) is 21.1. The lowest BCUT2D eigenvalue weighted by atomic mass is 10.2. The Morgan fingerprint density at radius 1 is 1.07 bits per heavy atom. The third kappa shape index (κ3) is 5.03. The molecular weight excluding hydrogens is 501 g/mol. The first-order chi connectivity index (χ1) is 13.3. The average Bonchev–Trinajstić information content (AvgIpc) is 3.42. The van der Waals surface area contributed by atoms with Gasteiger partial charge in [0, 0.05) is 44.2 Å². The highest BCUT2D eigenvalue weighted by Gasteiger charge is 2.20. The number of hydrogen-bond donors (Lipinski definition) is 1. The van der Waals surface area contributed by atoms with Gasteiger partial charge in [-0.1, -0.05) is 30.3 Å². The van der Waals surface area contributed by atoms with E-state index in [9.17, 15) is 0 Å². The molecule has 1 aromatic carbocycles. The van der Waals surface area contributed by atoms with E-state index in [0.717, 1.165) is 48.4 Å². The van der Waals surface area contributed by atoms with E-state index in [0.29, 0.717) is 6.54 Å². The third-order valence-electron chi connectivity index (χ3n) is 4.63.